The molecule has 0 radical (unpaired) electrons. The van der Waals surface area contributed by atoms with Gasteiger partial charge >= 0.3 is 6.09 Å². The van der Waals surface area contributed by atoms with Crippen LogP contribution >= 0.6 is 11.6 Å². The maximum Gasteiger partial charge on any atom is 0.413 e. The molecule has 3 aromatic heterocycles. The Kier molecular flexibility index (Phi) is 6.64. The van der Waals surface area contributed by atoms with Crippen LogP contribution in [-0.4, -0.2) is 59.5 Å². The zero-order valence-electron chi connectivity index (χ0n) is 20.2. The Morgan fingerprint density at radius 3 is 2.69 bits per heavy atom. The molecular weight excluding hydrogens is 515 g/mol. The molecule has 1 aliphatic rings. The first-order valence-corrected chi connectivity index (χ1v) is 13.1. The van der Waals surface area contributed by atoms with Crippen LogP contribution in [0.3, 0.4) is 0 Å². The van der Waals surface area contributed by atoms with Gasteiger partial charge in [0, 0.05) is 18.0 Å². The molecule has 0 saturated carbocycles. The Morgan fingerprint density at radius 1 is 1.31 bits per heavy atom. The highest BCUT2D eigenvalue weighted by Crippen LogP contribution is 2.40. The van der Waals surface area contributed by atoms with Crippen molar-refractivity contribution in [2.24, 2.45) is 0 Å². The number of aromatic nitrogens is 4. The van der Waals surface area contributed by atoms with E-state index in [1.807, 2.05) is 0 Å². The molecule has 3 aromatic rings. The van der Waals surface area contributed by atoms with E-state index >= 15 is 0 Å². The average Bonchev–Trinajstić information content (AvgIpc) is 2.95. The number of sulfone groups is 1. The number of hydrogen-bond donors (Lipinski definition) is 1. The molecule has 1 amide bonds. The fraction of sp³-hybridized carbons (Fsp3) is 0.409. The fourth-order valence-corrected chi connectivity index (χ4v) is 4.38. The second-order valence-electron chi connectivity index (χ2n) is 9.13. The van der Waals surface area contributed by atoms with Crippen LogP contribution in [0.2, 0.25) is 5.15 Å². The van der Waals surface area contributed by atoms with Gasteiger partial charge in [0.05, 0.1) is 12.6 Å². The number of nitrogens with zero attached hydrogens (tertiary/aromatic N) is 5. The number of hydrogen-bond acceptors (Lipinski definition) is 10. The van der Waals surface area contributed by atoms with Crippen LogP contribution in [0.5, 0.6) is 5.88 Å². The van der Waals surface area contributed by atoms with Crippen LogP contribution in [0.25, 0.3) is 10.9 Å². The van der Waals surface area contributed by atoms with E-state index in [1.165, 1.54) is 6.20 Å². The molecule has 14 heteroatoms. The summed E-state index contributed by atoms with van der Waals surface area (Å²) in [7, 11) is -3.92. The molecule has 0 aromatic carbocycles. The summed E-state index contributed by atoms with van der Waals surface area (Å²) in [4.78, 5) is 30.6. The molecule has 0 bridgehead atoms. The molecule has 4 heterocycles. The minimum absolute atomic E-state index is 0.0144. The lowest BCUT2D eigenvalue weighted by Gasteiger charge is -2.30. The largest absolute Gasteiger partial charge is 0.475 e. The summed E-state index contributed by atoms with van der Waals surface area (Å²) in [6, 6.07) is 2.89. The van der Waals surface area contributed by atoms with Crippen LogP contribution in [0.4, 0.5) is 20.8 Å². The third-order valence-corrected chi connectivity index (χ3v) is 6.32. The molecule has 1 atom stereocenters. The number of pyridine rings is 2. The van der Waals surface area contributed by atoms with Crippen LogP contribution in [-0.2, 0) is 14.6 Å². The monoisotopic (exact) mass is 538 g/mol. The lowest BCUT2D eigenvalue weighted by atomic mass is 10.1. The Balaban J connectivity index is 1.86. The number of carbonyl (C=O) groups excluding carboxylic acids is 1. The molecule has 4 rings (SSSR count). The molecule has 36 heavy (non-hydrogen) atoms. The van der Waals surface area contributed by atoms with E-state index in [2.05, 4.69) is 25.3 Å². The van der Waals surface area contributed by atoms with Crippen LogP contribution in [0.1, 0.15) is 39.3 Å². The van der Waals surface area contributed by atoms with Crippen molar-refractivity contribution in [3.63, 3.8) is 0 Å². The van der Waals surface area contributed by atoms with Gasteiger partial charge in [0.2, 0.25) is 20.9 Å². The van der Waals surface area contributed by atoms with Gasteiger partial charge in [0.15, 0.2) is 11.0 Å². The van der Waals surface area contributed by atoms with E-state index in [1.54, 1.807) is 44.7 Å². The highest BCUT2D eigenvalue weighted by Gasteiger charge is 2.32. The Bertz CT molecular complexity index is 1460. The summed E-state index contributed by atoms with van der Waals surface area (Å²) in [5.74, 6) is -0.676. The second-order valence-corrected chi connectivity index (χ2v) is 11.4. The van der Waals surface area contributed by atoms with Crippen molar-refractivity contribution < 1.29 is 27.1 Å². The summed E-state index contributed by atoms with van der Waals surface area (Å²) < 4.78 is 50.7. The third kappa shape index (κ3) is 5.12. The second kappa shape index (κ2) is 9.28. The quantitative estimate of drug-likeness (QED) is 0.384. The summed E-state index contributed by atoms with van der Waals surface area (Å²) in [6.07, 6.45) is 1.74. The number of amides is 1. The van der Waals surface area contributed by atoms with E-state index in [0.717, 1.165) is 6.26 Å². The molecular formula is C22H24ClFN6O5S. The molecule has 0 spiro atoms. The molecule has 0 saturated heterocycles. The first kappa shape index (κ1) is 25.8. The van der Waals surface area contributed by atoms with Gasteiger partial charge in [-0.3, -0.25) is 5.32 Å². The van der Waals surface area contributed by atoms with Gasteiger partial charge in [-0.2, -0.15) is 4.98 Å². The maximum absolute atomic E-state index is 15.0. The maximum atomic E-state index is 15.0. The van der Waals surface area contributed by atoms with Crippen molar-refractivity contribution in [2.45, 2.75) is 44.5 Å². The predicted octanol–water partition coefficient (Wildman–Crippen LogP) is 3.92. The molecule has 11 nitrogen and oxygen atoms in total. The van der Waals surface area contributed by atoms with Crippen molar-refractivity contribution in [3.8, 4) is 5.88 Å². The topological polar surface area (TPSA) is 136 Å². The highest BCUT2D eigenvalue weighted by atomic mass is 35.5. The SMILES string of the molecule is C[C@H](c1cccnc1NC(=O)OC(C)(C)C)N1CCOc2nc(Cl)c(F)c3nc(S(C)(=O)=O)nc1c23. The predicted molar refractivity (Wildman–Crippen MR) is 131 cm³/mol. The minimum Gasteiger partial charge on any atom is -0.475 e. The smallest absolute Gasteiger partial charge is 0.413 e. The zero-order chi connectivity index (χ0) is 26.4. The number of nitrogens with one attached hydrogen (secondary N) is 1. The van der Waals surface area contributed by atoms with E-state index < -0.39 is 43.7 Å². The van der Waals surface area contributed by atoms with Gasteiger partial charge in [0.1, 0.15) is 34.7 Å². The van der Waals surface area contributed by atoms with Crippen molar-refractivity contribution in [2.75, 3.05) is 29.6 Å². The Labute approximate surface area is 211 Å². The third-order valence-electron chi connectivity index (χ3n) is 5.22. The number of halogens is 2. The van der Waals surface area contributed by atoms with Gasteiger partial charge < -0.3 is 14.4 Å². The van der Waals surface area contributed by atoms with Crippen molar-refractivity contribution in [1.29, 1.82) is 0 Å². The van der Waals surface area contributed by atoms with Gasteiger partial charge in [-0.25, -0.2) is 32.6 Å². The van der Waals surface area contributed by atoms with E-state index in [9.17, 15) is 17.6 Å². The molecule has 0 fully saturated rings. The summed E-state index contributed by atoms with van der Waals surface area (Å²) in [5.41, 5.74) is -0.474. The van der Waals surface area contributed by atoms with Crippen molar-refractivity contribution in [1.82, 2.24) is 19.9 Å². The summed E-state index contributed by atoms with van der Waals surface area (Å²) >= 11 is 5.93. The number of carbonyl (C=O) groups is 1. The standard InChI is InChI=1S/C22H24ClFN6O5S/c1-11(12-7-6-8-25-17(12)28-21(31)35-22(2,3)4)30-9-10-34-19-13-15(14(24)16(23)27-19)26-20(29-18(13)30)36(5,32)33/h6-8,11H,9-10H2,1-5H3,(H,25,28,31)/t11-/m1/s1. The zero-order valence-corrected chi connectivity index (χ0v) is 21.7. The first-order valence-electron chi connectivity index (χ1n) is 10.9. The van der Waals surface area contributed by atoms with E-state index in [0.29, 0.717) is 5.56 Å². The van der Waals surface area contributed by atoms with Gasteiger partial charge in [-0.15, -0.1) is 0 Å². The summed E-state index contributed by atoms with van der Waals surface area (Å²) in [6.45, 7) is 7.34. The molecule has 1 aliphatic heterocycles. The van der Waals surface area contributed by atoms with Crippen molar-refractivity contribution in [3.05, 3.63) is 34.9 Å². The molecule has 0 unspecified atom stereocenters. The normalized spacial score (nSPS) is 14.7. The van der Waals surface area contributed by atoms with Gasteiger partial charge in [0.25, 0.3) is 0 Å². The van der Waals surface area contributed by atoms with Crippen LogP contribution in [0.15, 0.2) is 23.5 Å². The molecule has 192 valence electrons. The van der Waals surface area contributed by atoms with Crippen LogP contribution in [0, 0.1) is 5.82 Å². The minimum atomic E-state index is -3.92. The highest BCUT2D eigenvalue weighted by molar-refractivity contribution is 7.90. The first-order chi connectivity index (χ1) is 16.8. The van der Waals surface area contributed by atoms with Gasteiger partial charge in [-0.1, -0.05) is 17.7 Å². The lowest BCUT2D eigenvalue weighted by molar-refractivity contribution is 0.0635. The fourth-order valence-electron chi connectivity index (χ4n) is 3.71. The lowest BCUT2D eigenvalue weighted by Crippen LogP contribution is -2.32. The number of ether oxygens (including phenoxy) is 2. The van der Waals surface area contributed by atoms with E-state index in [-0.39, 0.29) is 41.6 Å². The molecule has 0 aliphatic carbocycles. The Hall–Kier alpha value is -3.32. The summed E-state index contributed by atoms with van der Waals surface area (Å²) in [5, 5.41) is 1.66. The van der Waals surface area contributed by atoms with Crippen LogP contribution < -0.4 is 15.0 Å². The Morgan fingerprint density at radius 2 is 2.03 bits per heavy atom. The average molecular weight is 539 g/mol. The number of anilines is 2. The molecule has 1 N–H and O–H groups in total. The van der Waals surface area contributed by atoms with Gasteiger partial charge in [-0.05, 0) is 33.8 Å². The number of rotatable bonds is 4. The van der Waals surface area contributed by atoms with E-state index in [4.69, 9.17) is 21.1 Å². The van der Waals surface area contributed by atoms with Crippen molar-refractivity contribution >= 4 is 50.1 Å².